The summed E-state index contributed by atoms with van der Waals surface area (Å²) >= 11 is 5.84. The van der Waals surface area contributed by atoms with E-state index in [1.807, 2.05) is 30.3 Å². The van der Waals surface area contributed by atoms with E-state index in [-0.39, 0.29) is 22.3 Å². The van der Waals surface area contributed by atoms with Gasteiger partial charge < -0.3 is 5.32 Å². The molecule has 10 heteroatoms. The van der Waals surface area contributed by atoms with Crippen LogP contribution in [0.2, 0.25) is 5.02 Å². The number of aryl methyl sites for hydroxylation is 1. The van der Waals surface area contributed by atoms with Crippen LogP contribution in [0.1, 0.15) is 11.4 Å². The van der Waals surface area contributed by atoms with Crippen LogP contribution in [0.4, 0.5) is 16.4 Å². The topological polar surface area (TPSA) is 114 Å². The number of halogens is 1. The quantitative estimate of drug-likeness (QED) is 0.385. The molecule has 1 heterocycles. The number of aromatic nitrogens is 3. The first kappa shape index (κ1) is 23.3. The zero-order valence-corrected chi connectivity index (χ0v) is 19.6. The number of hydrogen-bond acceptors (Lipinski definition) is 6. The minimum atomic E-state index is -3.70. The fourth-order valence-corrected chi connectivity index (χ4v) is 4.62. The van der Waals surface area contributed by atoms with Crippen molar-refractivity contribution in [2.45, 2.75) is 17.6 Å². The van der Waals surface area contributed by atoms with Crippen molar-refractivity contribution in [1.29, 1.82) is 0 Å². The molecule has 8 nitrogen and oxygen atoms in total. The normalized spacial score (nSPS) is 11.1. The van der Waals surface area contributed by atoms with Crippen LogP contribution >= 0.6 is 11.6 Å². The molecule has 3 aromatic carbocycles. The molecular formula is C24H20ClN5O3S. The van der Waals surface area contributed by atoms with Crippen LogP contribution in [0.25, 0.3) is 11.1 Å². The number of hydrogen-bond donors (Lipinski definition) is 2. The summed E-state index contributed by atoms with van der Waals surface area (Å²) in [6, 6.07) is 22.3. The van der Waals surface area contributed by atoms with Gasteiger partial charge in [0.15, 0.2) is 9.84 Å². The number of carbonyl (C=O) groups excluding carboxylic acids is 1. The van der Waals surface area contributed by atoms with Crippen LogP contribution in [0.3, 0.4) is 0 Å². The first-order chi connectivity index (χ1) is 16.3. The van der Waals surface area contributed by atoms with Gasteiger partial charge in [-0.1, -0.05) is 54.1 Å². The fourth-order valence-electron chi connectivity index (χ4n) is 3.15. The number of amides is 2. The first-order valence-electron chi connectivity index (χ1n) is 10.2. The number of rotatable bonds is 6. The molecule has 2 amide bonds. The van der Waals surface area contributed by atoms with Crippen molar-refractivity contribution in [3.63, 3.8) is 0 Å². The van der Waals surface area contributed by atoms with E-state index in [0.717, 1.165) is 11.1 Å². The average molecular weight is 494 g/mol. The molecule has 4 aromatic rings. The Bertz CT molecular complexity index is 1410. The highest BCUT2D eigenvalue weighted by molar-refractivity contribution is 7.90. The monoisotopic (exact) mass is 493 g/mol. The first-order valence-corrected chi connectivity index (χ1v) is 12.3. The highest BCUT2D eigenvalue weighted by Crippen LogP contribution is 2.23. The summed E-state index contributed by atoms with van der Waals surface area (Å²) in [5.41, 5.74) is 2.98. The third kappa shape index (κ3) is 5.75. The lowest BCUT2D eigenvalue weighted by Gasteiger charge is -2.10. The van der Waals surface area contributed by atoms with Crippen LogP contribution in [0.5, 0.6) is 0 Å². The Kier molecular flexibility index (Phi) is 6.85. The lowest BCUT2D eigenvalue weighted by Crippen LogP contribution is -2.22. The Morgan fingerprint density at radius 2 is 1.50 bits per heavy atom. The smallest absolute Gasteiger partial charge is 0.308 e. The third-order valence-electron chi connectivity index (χ3n) is 4.93. The maximum absolute atomic E-state index is 13.0. The van der Waals surface area contributed by atoms with Crippen molar-refractivity contribution in [2.75, 3.05) is 10.6 Å². The number of benzene rings is 3. The number of sulfone groups is 1. The predicted octanol–water partition coefficient (Wildman–Crippen LogP) is 5.12. The van der Waals surface area contributed by atoms with E-state index >= 15 is 0 Å². The molecule has 2 N–H and O–H groups in total. The lowest BCUT2D eigenvalue weighted by molar-refractivity contribution is 0.262. The summed E-state index contributed by atoms with van der Waals surface area (Å²) in [5.74, 6) is -0.492. The molecule has 1 aromatic heterocycles. The second kappa shape index (κ2) is 9.98. The van der Waals surface area contributed by atoms with Crippen molar-refractivity contribution < 1.29 is 13.2 Å². The highest BCUT2D eigenvalue weighted by atomic mass is 35.5. The standard InChI is InChI=1S/C24H20ClN5O3S/c1-16-22(27-23(30-29-16)28-24(31)26-20-11-9-19(25)10-12-20)15-34(32,33)21-13-7-18(8-14-21)17-5-3-2-4-6-17/h2-14H,15H2,1H3,(H2,26,27,28,30,31). The van der Waals surface area contributed by atoms with Gasteiger partial charge in [-0.05, 0) is 54.4 Å². The van der Waals surface area contributed by atoms with Gasteiger partial charge in [0.25, 0.3) is 5.95 Å². The zero-order valence-electron chi connectivity index (χ0n) is 18.1. The molecule has 0 saturated heterocycles. The molecule has 4 rings (SSSR count). The molecule has 34 heavy (non-hydrogen) atoms. The minimum Gasteiger partial charge on any atom is -0.308 e. The maximum Gasteiger partial charge on any atom is 0.326 e. The summed E-state index contributed by atoms with van der Waals surface area (Å²) in [6.07, 6.45) is 0. The molecule has 0 aliphatic carbocycles. The summed E-state index contributed by atoms with van der Waals surface area (Å²) in [6.45, 7) is 1.61. The third-order valence-corrected chi connectivity index (χ3v) is 6.82. The molecule has 0 fully saturated rings. The van der Waals surface area contributed by atoms with Crippen LogP contribution in [0.15, 0.2) is 83.8 Å². The van der Waals surface area contributed by atoms with Crippen molar-refractivity contribution in [1.82, 2.24) is 15.2 Å². The number of urea groups is 1. The van der Waals surface area contributed by atoms with E-state index in [1.54, 1.807) is 55.5 Å². The number of carbonyl (C=O) groups is 1. The lowest BCUT2D eigenvalue weighted by atomic mass is 10.1. The van der Waals surface area contributed by atoms with E-state index in [4.69, 9.17) is 11.6 Å². The van der Waals surface area contributed by atoms with Crippen LogP contribution in [0, 0.1) is 6.92 Å². The predicted molar refractivity (Wildman–Crippen MR) is 131 cm³/mol. The summed E-state index contributed by atoms with van der Waals surface area (Å²) in [7, 11) is -3.70. The second-order valence-corrected chi connectivity index (χ2v) is 9.83. The van der Waals surface area contributed by atoms with E-state index in [1.165, 1.54) is 0 Å². The molecule has 0 atom stereocenters. The highest BCUT2D eigenvalue weighted by Gasteiger charge is 2.20. The Hall–Kier alpha value is -3.82. The van der Waals surface area contributed by atoms with Gasteiger partial charge in [-0.25, -0.2) is 18.2 Å². The maximum atomic E-state index is 13.0. The van der Waals surface area contributed by atoms with Gasteiger partial charge in [0, 0.05) is 10.7 Å². The number of nitrogens with zero attached hydrogens (tertiary/aromatic N) is 3. The van der Waals surface area contributed by atoms with Crippen LogP contribution < -0.4 is 10.6 Å². The van der Waals surface area contributed by atoms with Crippen molar-refractivity contribution in [2.24, 2.45) is 0 Å². The van der Waals surface area contributed by atoms with Crippen LogP contribution in [-0.2, 0) is 15.6 Å². The van der Waals surface area contributed by atoms with Gasteiger partial charge in [0.05, 0.1) is 22.0 Å². The molecule has 0 unspecified atom stereocenters. The van der Waals surface area contributed by atoms with Gasteiger partial charge in [0.2, 0.25) is 0 Å². The Labute approximate surface area is 202 Å². The fraction of sp³-hybridized carbons (Fsp3) is 0.0833. The van der Waals surface area contributed by atoms with Gasteiger partial charge in [-0.2, -0.15) is 5.10 Å². The largest absolute Gasteiger partial charge is 0.326 e. The van der Waals surface area contributed by atoms with E-state index < -0.39 is 15.9 Å². The SMILES string of the molecule is Cc1nnc(NC(=O)Nc2ccc(Cl)cc2)nc1CS(=O)(=O)c1ccc(-c2ccccc2)cc1. The van der Waals surface area contributed by atoms with Crippen molar-refractivity contribution in [3.8, 4) is 11.1 Å². The average Bonchev–Trinajstić information content (AvgIpc) is 2.83. The molecular weight excluding hydrogens is 474 g/mol. The minimum absolute atomic E-state index is 0.110. The van der Waals surface area contributed by atoms with Gasteiger partial charge >= 0.3 is 6.03 Å². The number of anilines is 2. The summed E-state index contributed by atoms with van der Waals surface area (Å²) < 4.78 is 26.0. The Balaban J connectivity index is 1.48. The second-order valence-electron chi connectivity index (χ2n) is 7.40. The Morgan fingerprint density at radius 3 is 2.18 bits per heavy atom. The number of nitrogens with one attached hydrogen (secondary N) is 2. The van der Waals surface area contributed by atoms with E-state index in [0.29, 0.717) is 16.4 Å². The summed E-state index contributed by atoms with van der Waals surface area (Å²) in [5, 5.41) is 13.4. The molecule has 0 bridgehead atoms. The molecule has 0 spiro atoms. The van der Waals surface area contributed by atoms with Gasteiger partial charge in [-0.3, -0.25) is 5.32 Å². The van der Waals surface area contributed by atoms with Gasteiger partial charge in [0.1, 0.15) is 0 Å². The molecule has 0 radical (unpaired) electrons. The Morgan fingerprint density at radius 1 is 0.853 bits per heavy atom. The molecule has 0 saturated carbocycles. The molecule has 0 aliphatic rings. The zero-order chi connectivity index (χ0) is 24.1. The summed E-state index contributed by atoms with van der Waals surface area (Å²) in [4.78, 5) is 16.6. The van der Waals surface area contributed by atoms with Crippen molar-refractivity contribution >= 4 is 39.1 Å². The van der Waals surface area contributed by atoms with Crippen molar-refractivity contribution in [3.05, 3.63) is 95.3 Å². The molecule has 172 valence electrons. The molecule has 0 aliphatic heterocycles. The van der Waals surface area contributed by atoms with Crippen LogP contribution in [-0.4, -0.2) is 29.6 Å². The van der Waals surface area contributed by atoms with E-state index in [9.17, 15) is 13.2 Å². The van der Waals surface area contributed by atoms with Gasteiger partial charge in [-0.15, -0.1) is 5.10 Å². The van der Waals surface area contributed by atoms with E-state index in [2.05, 4.69) is 25.8 Å².